The quantitative estimate of drug-likeness (QED) is 0.758. The number of carbonyl (C=O) groups is 2. The Morgan fingerprint density at radius 3 is 2.95 bits per heavy atom. The first-order valence-corrected chi connectivity index (χ1v) is 7.13. The highest BCUT2D eigenvalue weighted by Gasteiger charge is 2.17. The van der Waals surface area contributed by atoms with Crippen LogP contribution in [0.5, 0.6) is 0 Å². The summed E-state index contributed by atoms with van der Waals surface area (Å²) in [5.41, 5.74) is 2.69. The third-order valence-corrected chi connectivity index (χ3v) is 3.30. The van der Waals surface area contributed by atoms with Gasteiger partial charge in [-0.05, 0) is 30.9 Å². The van der Waals surface area contributed by atoms with Crippen LogP contribution in [0.15, 0.2) is 18.2 Å². The van der Waals surface area contributed by atoms with Crippen molar-refractivity contribution in [2.75, 3.05) is 25.0 Å². The summed E-state index contributed by atoms with van der Waals surface area (Å²) in [6, 6.07) is 5.71. The zero-order valence-corrected chi connectivity index (χ0v) is 11.8. The molecule has 0 unspecified atom stereocenters. The largest absolute Gasteiger partial charge is 0.384 e. The molecule has 0 saturated heterocycles. The van der Waals surface area contributed by atoms with Crippen molar-refractivity contribution in [3.8, 4) is 0 Å². The van der Waals surface area contributed by atoms with E-state index in [9.17, 15) is 9.59 Å². The highest BCUT2D eigenvalue weighted by atomic mass is 16.2. The third kappa shape index (κ3) is 3.50. The van der Waals surface area contributed by atoms with Crippen LogP contribution >= 0.6 is 0 Å². The normalized spacial score (nSPS) is 13.1. The summed E-state index contributed by atoms with van der Waals surface area (Å²) in [4.78, 5) is 23.6. The van der Waals surface area contributed by atoms with Crippen LogP contribution < -0.4 is 16.0 Å². The van der Waals surface area contributed by atoms with Gasteiger partial charge in [-0.1, -0.05) is 19.1 Å². The van der Waals surface area contributed by atoms with Gasteiger partial charge < -0.3 is 16.0 Å². The second-order valence-corrected chi connectivity index (χ2v) is 4.90. The Labute approximate surface area is 119 Å². The summed E-state index contributed by atoms with van der Waals surface area (Å²) < 4.78 is 0. The lowest BCUT2D eigenvalue weighted by Gasteiger charge is -2.20. The van der Waals surface area contributed by atoms with Gasteiger partial charge in [0.15, 0.2) is 0 Å². The van der Waals surface area contributed by atoms with E-state index in [2.05, 4.69) is 16.0 Å². The van der Waals surface area contributed by atoms with Crippen LogP contribution in [-0.2, 0) is 11.2 Å². The summed E-state index contributed by atoms with van der Waals surface area (Å²) in [6.07, 6.45) is 2.95. The van der Waals surface area contributed by atoms with E-state index in [1.54, 1.807) is 6.07 Å². The van der Waals surface area contributed by atoms with Crippen LogP contribution in [0, 0.1) is 0 Å². The maximum atomic E-state index is 12.2. The SMILES string of the molecule is CCCNC(=O)CNC(=O)c1cccc2c1NCCC2. The van der Waals surface area contributed by atoms with Gasteiger partial charge in [0, 0.05) is 13.1 Å². The minimum Gasteiger partial charge on any atom is -0.384 e. The average Bonchev–Trinajstić information content (AvgIpc) is 2.50. The van der Waals surface area contributed by atoms with Gasteiger partial charge in [-0.2, -0.15) is 0 Å². The second-order valence-electron chi connectivity index (χ2n) is 4.90. The number of benzene rings is 1. The number of hydrogen-bond acceptors (Lipinski definition) is 3. The molecule has 20 heavy (non-hydrogen) atoms. The number of carbonyl (C=O) groups excluding carboxylic acids is 2. The summed E-state index contributed by atoms with van der Waals surface area (Å²) >= 11 is 0. The van der Waals surface area contributed by atoms with Crippen LogP contribution in [0.2, 0.25) is 0 Å². The molecular weight excluding hydrogens is 254 g/mol. The Hall–Kier alpha value is -2.04. The van der Waals surface area contributed by atoms with Gasteiger partial charge in [-0.15, -0.1) is 0 Å². The number of anilines is 1. The molecule has 108 valence electrons. The van der Waals surface area contributed by atoms with Crippen LogP contribution in [0.25, 0.3) is 0 Å². The van der Waals surface area contributed by atoms with E-state index in [1.165, 1.54) is 5.56 Å². The number of fused-ring (bicyclic) bond motifs is 1. The first kappa shape index (κ1) is 14.4. The van der Waals surface area contributed by atoms with Gasteiger partial charge in [0.2, 0.25) is 5.91 Å². The fraction of sp³-hybridized carbons (Fsp3) is 0.467. The molecule has 0 fully saturated rings. The van der Waals surface area contributed by atoms with Gasteiger partial charge >= 0.3 is 0 Å². The first-order chi connectivity index (χ1) is 9.72. The number of para-hydroxylation sites is 1. The molecule has 0 atom stereocenters. The van der Waals surface area contributed by atoms with E-state index < -0.39 is 0 Å². The van der Waals surface area contributed by atoms with Gasteiger partial charge in [0.1, 0.15) is 0 Å². The summed E-state index contributed by atoms with van der Waals surface area (Å²) in [6.45, 7) is 3.52. The Bertz CT molecular complexity index is 500. The van der Waals surface area contributed by atoms with Crippen molar-refractivity contribution in [3.05, 3.63) is 29.3 Å². The lowest BCUT2D eigenvalue weighted by atomic mass is 9.99. The number of hydrogen-bond donors (Lipinski definition) is 3. The van der Waals surface area contributed by atoms with E-state index in [0.717, 1.165) is 31.5 Å². The zero-order valence-electron chi connectivity index (χ0n) is 11.8. The summed E-state index contributed by atoms with van der Waals surface area (Å²) in [7, 11) is 0. The maximum absolute atomic E-state index is 12.2. The van der Waals surface area contributed by atoms with Crippen molar-refractivity contribution in [2.45, 2.75) is 26.2 Å². The number of aryl methyl sites for hydroxylation is 1. The molecule has 3 N–H and O–H groups in total. The molecule has 5 nitrogen and oxygen atoms in total. The molecule has 0 aromatic heterocycles. The van der Waals surface area contributed by atoms with Crippen molar-refractivity contribution in [2.24, 2.45) is 0 Å². The molecule has 5 heteroatoms. The topological polar surface area (TPSA) is 70.2 Å². The molecule has 0 bridgehead atoms. The highest BCUT2D eigenvalue weighted by Crippen LogP contribution is 2.25. The Morgan fingerprint density at radius 2 is 2.15 bits per heavy atom. The molecule has 0 radical (unpaired) electrons. The third-order valence-electron chi connectivity index (χ3n) is 3.30. The molecule has 0 spiro atoms. The summed E-state index contributed by atoms with van der Waals surface area (Å²) in [5.74, 6) is -0.360. The van der Waals surface area contributed by atoms with Crippen molar-refractivity contribution >= 4 is 17.5 Å². The number of nitrogens with one attached hydrogen (secondary N) is 3. The molecule has 2 rings (SSSR count). The molecule has 0 saturated carbocycles. The molecule has 1 aromatic carbocycles. The number of rotatable bonds is 5. The van der Waals surface area contributed by atoms with Gasteiger partial charge in [0.25, 0.3) is 5.91 Å². The van der Waals surface area contributed by atoms with Crippen molar-refractivity contribution in [1.82, 2.24) is 10.6 Å². The molecule has 1 heterocycles. The van der Waals surface area contributed by atoms with Crippen LogP contribution in [0.1, 0.15) is 35.7 Å². The first-order valence-electron chi connectivity index (χ1n) is 7.13. The molecular formula is C15H21N3O2. The van der Waals surface area contributed by atoms with Crippen LogP contribution in [0.4, 0.5) is 5.69 Å². The molecule has 2 amide bonds. The molecule has 1 aromatic rings. The standard InChI is InChI=1S/C15H21N3O2/c1-2-8-16-13(19)10-18-15(20)12-7-3-5-11-6-4-9-17-14(11)12/h3,5,7,17H,2,4,6,8-10H2,1H3,(H,16,19)(H,18,20). The monoisotopic (exact) mass is 275 g/mol. The van der Waals surface area contributed by atoms with E-state index in [-0.39, 0.29) is 18.4 Å². The van der Waals surface area contributed by atoms with Crippen molar-refractivity contribution < 1.29 is 9.59 Å². The lowest BCUT2D eigenvalue weighted by molar-refractivity contribution is -0.120. The zero-order chi connectivity index (χ0) is 14.4. The van der Waals surface area contributed by atoms with E-state index in [0.29, 0.717) is 12.1 Å². The van der Waals surface area contributed by atoms with Gasteiger partial charge in [-0.25, -0.2) is 0 Å². The minimum atomic E-state index is -0.206. The van der Waals surface area contributed by atoms with Crippen molar-refractivity contribution in [3.63, 3.8) is 0 Å². The predicted molar refractivity (Wildman–Crippen MR) is 78.9 cm³/mol. The highest BCUT2D eigenvalue weighted by molar-refractivity contribution is 6.01. The Kier molecular flexibility index (Phi) is 4.98. The van der Waals surface area contributed by atoms with E-state index >= 15 is 0 Å². The predicted octanol–water partition coefficient (Wildman–Crippen LogP) is 1.30. The van der Waals surface area contributed by atoms with Crippen LogP contribution in [0.3, 0.4) is 0 Å². The van der Waals surface area contributed by atoms with Gasteiger partial charge in [0.05, 0.1) is 17.8 Å². The second kappa shape index (κ2) is 6.93. The number of amides is 2. The lowest BCUT2D eigenvalue weighted by Crippen LogP contribution is -2.37. The summed E-state index contributed by atoms with van der Waals surface area (Å²) in [5, 5.41) is 8.67. The Morgan fingerprint density at radius 1 is 1.30 bits per heavy atom. The Balaban J connectivity index is 1.97. The van der Waals surface area contributed by atoms with Crippen LogP contribution in [-0.4, -0.2) is 31.4 Å². The molecule has 1 aliphatic rings. The maximum Gasteiger partial charge on any atom is 0.253 e. The van der Waals surface area contributed by atoms with E-state index in [1.807, 2.05) is 19.1 Å². The average molecular weight is 275 g/mol. The molecule has 0 aliphatic carbocycles. The van der Waals surface area contributed by atoms with Gasteiger partial charge in [-0.3, -0.25) is 9.59 Å². The fourth-order valence-corrected chi connectivity index (χ4v) is 2.28. The fourth-order valence-electron chi connectivity index (χ4n) is 2.28. The van der Waals surface area contributed by atoms with Crippen molar-refractivity contribution in [1.29, 1.82) is 0 Å². The minimum absolute atomic E-state index is 0.0164. The molecule has 1 aliphatic heterocycles. The van der Waals surface area contributed by atoms with E-state index in [4.69, 9.17) is 0 Å². The smallest absolute Gasteiger partial charge is 0.253 e.